The Labute approximate surface area is 310 Å². The first-order valence-electron chi connectivity index (χ1n) is 14.1. The third kappa shape index (κ3) is 8.07. The fourth-order valence-electron chi connectivity index (χ4n) is 5.31. The van der Waals surface area contributed by atoms with Crippen LogP contribution in [0.5, 0.6) is 0 Å². The molecule has 0 aliphatic heterocycles. The van der Waals surface area contributed by atoms with Crippen LogP contribution in [0.4, 0.5) is 22.7 Å². The van der Waals surface area contributed by atoms with Gasteiger partial charge in [-0.25, -0.2) is 0 Å². The van der Waals surface area contributed by atoms with Gasteiger partial charge in [-0.3, -0.25) is 9.97 Å². The van der Waals surface area contributed by atoms with E-state index in [-0.39, 0.29) is 56.7 Å². The van der Waals surface area contributed by atoms with Crippen LogP contribution < -0.4 is 37.2 Å². The summed E-state index contributed by atoms with van der Waals surface area (Å²) in [5.41, 5.74) is 35.0. The van der Waals surface area contributed by atoms with Crippen LogP contribution in [0.3, 0.4) is 0 Å². The molecule has 0 saturated carbocycles. The Morgan fingerprint density at radius 3 is 0.708 bits per heavy atom. The second-order valence-electron chi connectivity index (χ2n) is 10.1. The fraction of sp³-hybridized carbons (Fsp3) is 0. The first-order chi connectivity index (χ1) is 21.5. The molecule has 2 aromatic heterocycles. The molecule has 8 aromatic rings. The summed E-state index contributed by atoms with van der Waals surface area (Å²) in [7, 11) is 0. The number of nitrogens with one attached hydrogen (secondary N) is 4. The molecule has 48 heavy (non-hydrogen) atoms. The molecule has 0 aliphatic carbocycles. The summed E-state index contributed by atoms with van der Waals surface area (Å²) >= 11 is 0. The van der Waals surface area contributed by atoms with Gasteiger partial charge in [0.1, 0.15) is 0 Å². The SMILES string of the molecule is [Cl-].[Cl-].[Cl-].[NH-]c1c([NH-])c2ccccc2c2ccccc12.[NH-]c1c([NH-])c2ccccc2c2ccccc12.[Rh].c1ccc(-c2ccccn2)nc1. The van der Waals surface area contributed by atoms with Crippen molar-refractivity contribution in [2.24, 2.45) is 0 Å². The molecule has 10 heteroatoms. The Bertz CT molecular complexity index is 1960. The predicted octanol–water partition coefficient (Wildman–Crippen LogP) is 3.87. The van der Waals surface area contributed by atoms with Crippen molar-refractivity contribution in [3.05, 3.63) is 169 Å². The van der Waals surface area contributed by atoms with Gasteiger partial charge in [0.2, 0.25) is 0 Å². The first kappa shape index (κ1) is 39.5. The van der Waals surface area contributed by atoms with Gasteiger partial charge in [-0.2, -0.15) is 0 Å². The maximum atomic E-state index is 7.98. The summed E-state index contributed by atoms with van der Waals surface area (Å²) in [6.07, 6.45) is 3.54. The van der Waals surface area contributed by atoms with Crippen molar-refractivity contribution in [3.63, 3.8) is 0 Å². The molecule has 6 aromatic carbocycles. The molecule has 8 rings (SSSR count). The van der Waals surface area contributed by atoms with Crippen LogP contribution >= 0.6 is 0 Å². The van der Waals surface area contributed by atoms with Crippen LogP contribution in [-0.2, 0) is 19.5 Å². The summed E-state index contributed by atoms with van der Waals surface area (Å²) in [6, 6.07) is 42.8. The van der Waals surface area contributed by atoms with Crippen LogP contribution in [0.1, 0.15) is 0 Å². The van der Waals surface area contributed by atoms with Crippen molar-refractivity contribution < 1.29 is 56.7 Å². The van der Waals surface area contributed by atoms with Crippen LogP contribution in [0.2, 0.25) is 0 Å². The van der Waals surface area contributed by atoms with Crippen LogP contribution in [-0.4, -0.2) is 9.97 Å². The van der Waals surface area contributed by atoms with Gasteiger partial charge in [-0.15, -0.1) is 22.7 Å². The number of hydrogen-bond acceptors (Lipinski definition) is 2. The summed E-state index contributed by atoms with van der Waals surface area (Å²) < 4.78 is 0. The third-order valence-electron chi connectivity index (χ3n) is 7.46. The van der Waals surface area contributed by atoms with Crippen LogP contribution in [0.25, 0.3) is 77.4 Å². The largest absolute Gasteiger partial charge is 1.00 e. The van der Waals surface area contributed by atoms with Gasteiger partial charge < -0.3 is 60.2 Å². The molecule has 0 saturated heterocycles. The summed E-state index contributed by atoms with van der Waals surface area (Å²) in [4.78, 5) is 8.37. The van der Waals surface area contributed by atoms with E-state index in [9.17, 15) is 0 Å². The van der Waals surface area contributed by atoms with Crippen molar-refractivity contribution in [2.45, 2.75) is 0 Å². The molecule has 0 amide bonds. The Morgan fingerprint density at radius 2 is 0.500 bits per heavy atom. The van der Waals surface area contributed by atoms with Gasteiger partial charge in [0.05, 0.1) is 11.4 Å². The van der Waals surface area contributed by atoms with Gasteiger partial charge >= 0.3 is 0 Å². The molecule has 1 radical (unpaired) electrons. The summed E-state index contributed by atoms with van der Waals surface area (Å²) in [6.45, 7) is 0. The van der Waals surface area contributed by atoms with E-state index in [1.807, 2.05) is 133 Å². The normalized spacial score (nSPS) is 9.75. The molecule has 2 heterocycles. The van der Waals surface area contributed by atoms with E-state index in [4.69, 9.17) is 22.9 Å². The molecule has 4 N–H and O–H groups in total. The molecule has 0 spiro atoms. The Morgan fingerprint density at radius 1 is 0.292 bits per heavy atom. The number of fused-ring (bicyclic) bond motifs is 6. The molecular weight excluding hydrogens is 750 g/mol. The third-order valence-corrected chi connectivity index (χ3v) is 7.46. The number of halogens is 3. The van der Waals surface area contributed by atoms with Crippen LogP contribution in [0, 0.1) is 0 Å². The van der Waals surface area contributed by atoms with Crippen molar-refractivity contribution in [2.75, 3.05) is 0 Å². The number of aromatic nitrogens is 2. The van der Waals surface area contributed by atoms with Gasteiger partial charge in [0, 0.05) is 31.9 Å². The summed E-state index contributed by atoms with van der Waals surface area (Å²) in [5.74, 6) is 0. The van der Waals surface area contributed by atoms with Crippen molar-refractivity contribution in [1.82, 2.24) is 9.97 Å². The molecule has 247 valence electrons. The minimum Gasteiger partial charge on any atom is -1.00 e. The average molecular weight is 778 g/mol. The van der Waals surface area contributed by atoms with E-state index in [1.54, 1.807) is 12.4 Å². The monoisotopic (exact) mass is 776 g/mol. The van der Waals surface area contributed by atoms with Crippen molar-refractivity contribution in [1.29, 1.82) is 0 Å². The number of hydrogen-bond donors (Lipinski definition) is 0. The molecule has 0 bridgehead atoms. The Balaban J connectivity index is 0.000000243. The molecule has 0 atom stereocenters. The standard InChI is InChI=1S/2C14H10N2.C10H8N2.3ClH.Rh/c2*15-13-11-7-3-1-5-9(11)10-6-2-4-8-12(10)14(13)16;1-3-7-11-9(5-1)10-6-2-4-8-12-10;;;;/h2*1-8,15-16H;1-8H;3*1H;/q2*-2;;;;;/p-3. The number of nitrogens with zero attached hydrogens (tertiary/aromatic N) is 2. The van der Waals surface area contributed by atoms with Crippen LogP contribution in [0.15, 0.2) is 146 Å². The smallest absolute Gasteiger partial charge is 0.0886 e. The molecule has 6 nitrogen and oxygen atoms in total. The van der Waals surface area contributed by atoms with Gasteiger partial charge in [0.25, 0.3) is 0 Å². The Kier molecular flexibility index (Phi) is 14.9. The zero-order valence-corrected chi connectivity index (χ0v) is 29.1. The van der Waals surface area contributed by atoms with E-state index in [1.165, 1.54) is 0 Å². The van der Waals surface area contributed by atoms with Crippen molar-refractivity contribution in [3.8, 4) is 11.4 Å². The maximum absolute atomic E-state index is 7.98. The zero-order chi connectivity index (χ0) is 30.5. The van der Waals surface area contributed by atoms with E-state index >= 15 is 0 Å². The minimum atomic E-state index is 0. The number of benzene rings is 6. The second kappa shape index (κ2) is 18.0. The topological polar surface area (TPSA) is 121 Å². The van der Waals surface area contributed by atoms with Gasteiger partial charge in [-0.05, 0) is 67.4 Å². The van der Waals surface area contributed by atoms with Gasteiger partial charge in [-0.1, -0.05) is 109 Å². The van der Waals surface area contributed by atoms with E-state index in [2.05, 4.69) is 9.97 Å². The summed E-state index contributed by atoms with van der Waals surface area (Å²) in [5, 5.41) is 7.63. The number of rotatable bonds is 1. The molecule has 0 unspecified atom stereocenters. The second-order valence-corrected chi connectivity index (χ2v) is 10.1. The quantitative estimate of drug-likeness (QED) is 0.186. The first-order valence-corrected chi connectivity index (χ1v) is 14.1. The van der Waals surface area contributed by atoms with E-state index < -0.39 is 0 Å². The zero-order valence-electron chi connectivity index (χ0n) is 25.2. The molecular formula is C38H28Cl3N6Rh-7. The fourth-order valence-corrected chi connectivity index (χ4v) is 5.31. The van der Waals surface area contributed by atoms with Crippen molar-refractivity contribution >= 4 is 65.8 Å². The molecule has 0 aliphatic rings. The predicted molar refractivity (Wildman–Crippen MR) is 186 cm³/mol. The number of pyridine rings is 2. The van der Waals surface area contributed by atoms with Gasteiger partial charge in [0.15, 0.2) is 0 Å². The Hall–Kier alpha value is -4.65. The average Bonchev–Trinajstić information content (AvgIpc) is 3.11. The molecule has 0 fully saturated rings. The maximum Gasteiger partial charge on any atom is 0.0886 e. The minimum absolute atomic E-state index is 0. The van der Waals surface area contributed by atoms with E-state index in [0.717, 1.165) is 54.5 Å². The van der Waals surface area contributed by atoms with E-state index in [0.29, 0.717) is 22.7 Å².